The zero-order chi connectivity index (χ0) is 16.8. The Balaban J connectivity index is 2.36. The molecule has 1 atom stereocenters. The van der Waals surface area contributed by atoms with Crippen molar-refractivity contribution in [2.45, 2.75) is 52.4 Å². The van der Waals surface area contributed by atoms with E-state index in [2.05, 4.69) is 15.6 Å². The topological polar surface area (TPSA) is 83.5 Å². The van der Waals surface area contributed by atoms with Gasteiger partial charge in [-0.1, -0.05) is 0 Å². The van der Waals surface area contributed by atoms with Crippen molar-refractivity contribution in [1.29, 1.82) is 0 Å². The van der Waals surface area contributed by atoms with Crippen LogP contribution in [0, 0.1) is 5.82 Å². The third-order valence-electron chi connectivity index (χ3n) is 2.75. The summed E-state index contributed by atoms with van der Waals surface area (Å²) in [5.41, 5.74) is -0.335. The summed E-state index contributed by atoms with van der Waals surface area (Å²) < 4.78 is 18.4. The fourth-order valence-corrected chi connectivity index (χ4v) is 1.70. The molecule has 0 spiro atoms. The number of amides is 1. The monoisotopic (exact) mass is 313 g/mol. The number of carbonyl (C=O) groups excluding carboxylic acids is 1. The van der Waals surface area contributed by atoms with E-state index in [1.165, 1.54) is 6.07 Å². The molecule has 124 valence electrons. The molecule has 0 bridgehead atoms. The molecule has 0 saturated carbocycles. The van der Waals surface area contributed by atoms with Gasteiger partial charge in [-0.05, 0) is 40.2 Å². The van der Waals surface area contributed by atoms with Crippen LogP contribution in [0.1, 0.15) is 39.7 Å². The van der Waals surface area contributed by atoms with Gasteiger partial charge in [0.2, 0.25) is 0 Å². The lowest BCUT2D eigenvalue weighted by Crippen LogP contribution is -2.38. The Hall–Kier alpha value is -1.89. The van der Waals surface area contributed by atoms with Crippen molar-refractivity contribution in [3.05, 3.63) is 23.6 Å². The molecule has 7 heteroatoms. The number of aromatic nitrogens is 1. The maximum Gasteiger partial charge on any atom is 0.407 e. The van der Waals surface area contributed by atoms with Gasteiger partial charge in [-0.15, -0.1) is 0 Å². The van der Waals surface area contributed by atoms with Crippen LogP contribution in [0.2, 0.25) is 0 Å². The molecule has 0 aromatic carbocycles. The smallest absolute Gasteiger partial charge is 0.407 e. The maximum atomic E-state index is 13.2. The van der Waals surface area contributed by atoms with Gasteiger partial charge in [0, 0.05) is 18.2 Å². The van der Waals surface area contributed by atoms with Crippen LogP contribution >= 0.6 is 0 Å². The fourth-order valence-electron chi connectivity index (χ4n) is 1.70. The van der Waals surface area contributed by atoms with Gasteiger partial charge in [0.15, 0.2) is 0 Å². The van der Waals surface area contributed by atoms with Crippen molar-refractivity contribution >= 4 is 11.9 Å². The van der Waals surface area contributed by atoms with E-state index in [-0.39, 0.29) is 18.2 Å². The van der Waals surface area contributed by atoms with E-state index >= 15 is 0 Å². The molecular formula is C15H24FN3O3. The van der Waals surface area contributed by atoms with E-state index in [1.807, 2.05) is 6.92 Å². The van der Waals surface area contributed by atoms with E-state index in [1.54, 1.807) is 20.8 Å². The number of nitrogens with zero attached hydrogens (tertiary/aromatic N) is 1. The van der Waals surface area contributed by atoms with Crippen LogP contribution in [-0.4, -0.2) is 34.4 Å². The number of carbonyl (C=O) groups is 1. The fraction of sp³-hybridized carbons (Fsp3) is 0.600. The number of ether oxygens (including phenoxy) is 1. The van der Waals surface area contributed by atoms with Gasteiger partial charge >= 0.3 is 6.09 Å². The van der Waals surface area contributed by atoms with E-state index < -0.39 is 17.5 Å². The lowest BCUT2D eigenvalue weighted by atomic mass is 10.2. The summed E-state index contributed by atoms with van der Waals surface area (Å²) in [6.45, 7) is 7.44. The second-order valence-electron chi connectivity index (χ2n) is 6.08. The summed E-state index contributed by atoms with van der Waals surface area (Å²) in [5, 5.41) is 14.7. The summed E-state index contributed by atoms with van der Waals surface area (Å²) in [6, 6.07) is 1.38. The van der Waals surface area contributed by atoms with Gasteiger partial charge < -0.3 is 20.5 Å². The Bertz CT molecular complexity index is 503. The summed E-state index contributed by atoms with van der Waals surface area (Å²) in [5.74, 6) is -0.0528. The van der Waals surface area contributed by atoms with Crippen molar-refractivity contribution in [2.24, 2.45) is 0 Å². The standard InChI is InChI=1S/C15H24FN3O3/c1-10(19-14(21)22-15(2,3)4)5-6-17-13-7-11(9-20)12(16)8-18-13/h7-8,10,20H,5-6,9H2,1-4H3,(H,17,18)(H,19,21). The van der Waals surface area contributed by atoms with Crippen molar-refractivity contribution in [3.8, 4) is 0 Å². The minimum Gasteiger partial charge on any atom is -0.444 e. The molecule has 1 aromatic heterocycles. The Morgan fingerprint density at radius 3 is 2.77 bits per heavy atom. The van der Waals surface area contributed by atoms with Gasteiger partial charge in [-0.25, -0.2) is 14.2 Å². The molecule has 3 N–H and O–H groups in total. The third kappa shape index (κ3) is 6.71. The average molecular weight is 313 g/mol. The molecule has 0 fully saturated rings. The molecule has 0 aliphatic heterocycles. The first kappa shape index (κ1) is 18.2. The normalized spacial score (nSPS) is 12.6. The Labute approximate surface area is 130 Å². The predicted molar refractivity (Wildman–Crippen MR) is 82.1 cm³/mol. The second-order valence-corrected chi connectivity index (χ2v) is 6.08. The molecule has 1 amide bonds. The van der Waals surface area contributed by atoms with Crippen LogP contribution < -0.4 is 10.6 Å². The van der Waals surface area contributed by atoms with Crippen molar-refractivity contribution in [3.63, 3.8) is 0 Å². The van der Waals surface area contributed by atoms with Crippen LogP contribution in [0.15, 0.2) is 12.3 Å². The number of hydrogen-bond donors (Lipinski definition) is 3. The highest BCUT2D eigenvalue weighted by molar-refractivity contribution is 5.68. The largest absolute Gasteiger partial charge is 0.444 e. The van der Waals surface area contributed by atoms with Crippen LogP contribution in [0.3, 0.4) is 0 Å². The van der Waals surface area contributed by atoms with Gasteiger partial charge in [-0.2, -0.15) is 0 Å². The number of aliphatic hydroxyl groups excluding tert-OH is 1. The minimum atomic E-state index is -0.534. The molecule has 1 heterocycles. The SMILES string of the molecule is CC(CCNc1cc(CO)c(F)cn1)NC(=O)OC(C)(C)C. The highest BCUT2D eigenvalue weighted by Crippen LogP contribution is 2.11. The Morgan fingerprint density at radius 1 is 1.50 bits per heavy atom. The van der Waals surface area contributed by atoms with Crippen molar-refractivity contribution < 1.29 is 19.0 Å². The first-order valence-corrected chi connectivity index (χ1v) is 7.20. The molecular weight excluding hydrogens is 289 g/mol. The van der Waals surface area contributed by atoms with E-state index in [9.17, 15) is 9.18 Å². The molecule has 22 heavy (non-hydrogen) atoms. The molecule has 1 rings (SSSR count). The average Bonchev–Trinajstić information content (AvgIpc) is 2.38. The lowest BCUT2D eigenvalue weighted by molar-refractivity contribution is 0.0507. The quantitative estimate of drug-likeness (QED) is 0.751. The highest BCUT2D eigenvalue weighted by atomic mass is 19.1. The number of rotatable bonds is 6. The number of aliphatic hydroxyl groups is 1. The summed E-state index contributed by atoms with van der Waals surface area (Å²) >= 11 is 0. The highest BCUT2D eigenvalue weighted by Gasteiger charge is 2.17. The summed E-state index contributed by atoms with van der Waals surface area (Å²) in [6.07, 6.45) is 1.26. The Kier molecular flexibility index (Phi) is 6.55. The molecule has 0 radical (unpaired) electrons. The van der Waals surface area contributed by atoms with Gasteiger partial charge in [-0.3, -0.25) is 0 Å². The maximum absolute atomic E-state index is 13.2. The van der Waals surface area contributed by atoms with E-state index in [0.717, 1.165) is 6.20 Å². The van der Waals surface area contributed by atoms with Crippen LogP contribution in [0.25, 0.3) is 0 Å². The number of halogens is 1. The van der Waals surface area contributed by atoms with Crippen molar-refractivity contribution in [2.75, 3.05) is 11.9 Å². The molecule has 1 unspecified atom stereocenters. The number of pyridine rings is 1. The van der Waals surface area contributed by atoms with Crippen molar-refractivity contribution in [1.82, 2.24) is 10.3 Å². The van der Waals surface area contributed by atoms with Crippen LogP contribution in [0.4, 0.5) is 15.0 Å². The molecule has 6 nitrogen and oxygen atoms in total. The number of alkyl carbamates (subject to hydrolysis) is 1. The number of hydrogen-bond acceptors (Lipinski definition) is 5. The van der Waals surface area contributed by atoms with Gasteiger partial charge in [0.1, 0.15) is 17.2 Å². The summed E-state index contributed by atoms with van der Waals surface area (Å²) in [4.78, 5) is 15.5. The first-order valence-electron chi connectivity index (χ1n) is 7.20. The first-order chi connectivity index (χ1) is 10.2. The Morgan fingerprint density at radius 2 is 2.18 bits per heavy atom. The molecule has 1 aromatic rings. The van der Waals surface area contributed by atoms with Gasteiger partial charge in [0.05, 0.1) is 12.8 Å². The zero-order valence-corrected chi connectivity index (χ0v) is 13.4. The number of anilines is 1. The van der Waals surface area contributed by atoms with Crippen LogP contribution in [0.5, 0.6) is 0 Å². The molecule has 0 aliphatic carbocycles. The minimum absolute atomic E-state index is 0.0832. The van der Waals surface area contributed by atoms with Crippen LogP contribution in [-0.2, 0) is 11.3 Å². The summed E-state index contributed by atoms with van der Waals surface area (Å²) in [7, 11) is 0. The lowest BCUT2D eigenvalue weighted by Gasteiger charge is -2.22. The molecule has 0 saturated heterocycles. The number of nitrogens with one attached hydrogen (secondary N) is 2. The second kappa shape index (κ2) is 7.93. The third-order valence-corrected chi connectivity index (χ3v) is 2.75. The van der Waals surface area contributed by atoms with E-state index in [4.69, 9.17) is 9.84 Å². The zero-order valence-electron chi connectivity index (χ0n) is 13.4. The molecule has 0 aliphatic rings. The van der Waals surface area contributed by atoms with E-state index in [0.29, 0.717) is 18.8 Å². The van der Waals surface area contributed by atoms with Gasteiger partial charge in [0.25, 0.3) is 0 Å². The predicted octanol–water partition coefficient (Wildman–Crippen LogP) is 2.43.